The number of hydrogen-bond donors (Lipinski definition) is 0. The molecule has 0 aliphatic carbocycles. The minimum Gasteiger partial charge on any atom is -0.521 e. The standard InChI is InChI=1S/C10H13BF3O.K/c1-7-4-5-8(2)10(9(7)3)15-6-11(12,13)14;/h4-5H,6H2,1-3H3;/q-1;+1. The van der Waals surface area contributed by atoms with Crippen molar-refractivity contribution in [2.45, 2.75) is 20.8 Å². The maximum absolute atomic E-state index is 12.0. The molecule has 0 N–H and O–H groups in total. The first-order chi connectivity index (χ1) is 6.81. The van der Waals surface area contributed by atoms with Gasteiger partial charge in [0.2, 0.25) is 0 Å². The van der Waals surface area contributed by atoms with Gasteiger partial charge in [-0.15, -0.1) is 0 Å². The predicted octanol–water partition coefficient (Wildman–Crippen LogP) is 0.381. The molecule has 6 heteroatoms. The van der Waals surface area contributed by atoms with Gasteiger partial charge < -0.3 is 17.7 Å². The second-order valence-corrected chi connectivity index (χ2v) is 3.67. The summed E-state index contributed by atoms with van der Waals surface area (Å²) in [6, 6.07) is 3.64. The Morgan fingerprint density at radius 2 is 1.56 bits per heavy atom. The molecule has 0 saturated heterocycles. The number of halogens is 3. The molecule has 0 bridgehead atoms. The van der Waals surface area contributed by atoms with Crippen molar-refractivity contribution < 1.29 is 69.1 Å². The number of hydrogen-bond acceptors (Lipinski definition) is 1. The molecule has 16 heavy (non-hydrogen) atoms. The second kappa shape index (κ2) is 6.45. The average molecular weight is 256 g/mol. The molecular formula is C10H13BF3KO. The van der Waals surface area contributed by atoms with Crippen molar-refractivity contribution in [3.8, 4) is 5.75 Å². The van der Waals surface area contributed by atoms with E-state index in [1.54, 1.807) is 19.9 Å². The van der Waals surface area contributed by atoms with Gasteiger partial charge in [-0.3, -0.25) is 0 Å². The van der Waals surface area contributed by atoms with Crippen LogP contribution in [0.4, 0.5) is 12.9 Å². The Morgan fingerprint density at radius 3 is 2.06 bits per heavy atom. The van der Waals surface area contributed by atoms with Crippen molar-refractivity contribution in [3.05, 3.63) is 28.8 Å². The average Bonchev–Trinajstić information content (AvgIpc) is 2.10. The number of aryl methyl sites for hydroxylation is 2. The molecule has 84 valence electrons. The van der Waals surface area contributed by atoms with E-state index in [0.29, 0.717) is 5.75 Å². The van der Waals surface area contributed by atoms with Crippen LogP contribution in [0.5, 0.6) is 5.75 Å². The minimum atomic E-state index is -4.89. The Balaban J connectivity index is 0.00000225. The maximum atomic E-state index is 12.0. The molecule has 1 aromatic carbocycles. The molecule has 0 unspecified atom stereocenters. The van der Waals surface area contributed by atoms with Gasteiger partial charge in [-0.05, 0) is 37.5 Å². The first kappa shape index (κ1) is 16.5. The summed E-state index contributed by atoms with van der Waals surface area (Å²) in [5.74, 6) is 0.356. The van der Waals surface area contributed by atoms with E-state index in [4.69, 9.17) is 4.74 Å². The fraction of sp³-hybridized carbons (Fsp3) is 0.400. The SMILES string of the molecule is Cc1ccc(C)c(OC[B-](F)(F)F)c1C.[K+]. The summed E-state index contributed by atoms with van der Waals surface area (Å²) in [6.07, 6.45) is 0. The Bertz CT molecular complexity index is 366. The molecule has 0 fully saturated rings. The van der Waals surface area contributed by atoms with Gasteiger partial charge in [-0.2, -0.15) is 0 Å². The normalized spacial score (nSPS) is 10.9. The summed E-state index contributed by atoms with van der Waals surface area (Å²) in [4.78, 5) is 0. The summed E-state index contributed by atoms with van der Waals surface area (Å²) in [5, 5.41) is 0. The third-order valence-electron chi connectivity index (χ3n) is 2.29. The van der Waals surface area contributed by atoms with Crippen LogP contribution in [0.15, 0.2) is 12.1 Å². The summed E-state index contributed by atoms with van der Waals surface area (Å²) >= 11 is 0. The maximum Gasteiger partial charge on any atom is 1.00 e. The molecule has 0 amide bonds. The van der Waals surface area contributed by atoms with E-state index in [-0.39, 0.29) is 51.4 Å². The topological polar surface area (TPSA) is 9.23 Å². The Kier molecular flexibility index (Phi) is 6.65. The van der Waals surface area contributed by atoms with Crippen LogP contribution in [0.25, 0.3) is 0 Å². The van der Waals surface area contributed by atoms with Crippen LogP contribution in [0.1, 0.15) is 16.7 Å². The second-order valence-electron chi connectivity index (χ2n) is 3.67. The molecule has 0 aliphatic heterocycles. The van der Waals surface area contributed by atoms with Crippen LogP contribution >= 0.6 is 0 Å². The molecule has 0 spiro atoms. The molecule has 0 heterocycles. The van der Waals surface area contributed by atoms with E-state index in [1.807, 2.05) is 13.0 Å². The van der Waals surface area contributed by atoms with E-state index >= 15 is 0 Å². The number of rotatable bonds is 3. The molecule has 1 aromatic rings. The zero-order chi connectivity index (χ0) is 11.6. The van der Waals surface area contributed by atoms with Gasteiger partial charge in [0.15, 0.2) is 0 Å². The molecule has 0 aromatic heterocycles. The Labute approximate surface area is 136 Å². The molecule has 0 radical (unpaired) electrons. The van der Waals surface area contributed by atoms with Crippen molar-refractivity contribution in [2.24, 2.45) is 0 Å². The quantitative estimate of drug-likeness (QED) is 0.710. The van der Waals surface area contributed by atoms with Gasteiger partial charge in [0.25, 0.3) is 0 Å². The van der Waals surface area contributed by atoms with E-state index < -0.39 is 13.5 Å². The third-order valence-corrected chi connectivity index (χ3v) is 2.29. The van der Waals surface area contributed by atoms with Crippen molar-refractivity contribution in [1.82, 2.24) is 0 Å². The summed E-state index contributed by atoms with van der Waals surface area (Å²) in [6.45, 7) is -0.712. The van der Waals surface area contributed by atoms with E-state index in [0.717, 1.165) is 16.7 Å². The van der Waals surface area contributed by atoms with E-state index in [9.17, 15) is 12.9 Å². The van der Waals surface area contributed by atoms with Gasteiger partial charge in [0, 0.05) is 0 Å². The molecule has 0 aliphatic rings. The van der Waals surface area contributed by atoms with Crippen LogP contribution in [-0.2, 0) is 0 Å². The smallest absolute Gasteiger partial charge is 0.521 e. The van der Waals surface area contributed by atoms with Crippen molar-refractivity contribution in [3.63, 3.8) is 0 Å². The van der Waals surface area contributed by atoms with Crippen molar-refractivity contribution in [2.75, 3.05) is 6.51 Å². The fourth-order valence-corrected chi connectivity index (χ4v) is 1.33. The molecule has 1 nitrogen and oxygen atoms in total. The van der Waals surface area contributed by atoms with Gasteiger partial charge in [0.05, 0.1) is 6.51 Å². The Morgan fingerprint density at radius 1 is 1.06 bits per heavy atom. The first-order valence-electron chi connectivity index (χ1n) is 4.72. The molecule has 1 rings (SSSR count). The van der Waals surface area contributed by atoms with Crippen LogP contribution in [0.3, 0.4) is 0 Å². The van der Waals surface area contributed by atoms with Gasteiger partial charge in [-0.1, -0.05) is 12.1 Å². The van der Waals surface area contributed by atoms with Crippen molar-refractivity contribution in [1.29, 1.82) is 0 Å². The van der Waals surface area contributed by atoms with Crippen molar-refractivity contribution >= 4 is 6.98 Å². The van der Waals surface area contributed by atoms with Crippen LogP contribution in [0.2, 0.25) is 0 Å². The van der Waals surface area contributed by atoms with Gasteiger partial charge >= 0.3 is 58.4 Å². The largest absolute Gasteiger partial charge is 1.00 e. The van der Waals surface area contributed by atoms with Gasteiger partial charge in [-0.25, -0.2) is 0 Å². The zero-order valence-electron chi connectivity index (χ0n) is 9.98. The third kappa shape index (κ3) is 4.79. The number of ether oxygens (including phenoxy) is 1. The minimum absolute atomic E-state index is 0. The monoisotopic (exact) mass is 256 g/mol. The van der Waals surface area contributed by atoms with Crippen LogP contribution in [0, 0.1) is 20.8 Å². The number of benzene rings is 1. The van der Waals surface area contributed by atoms with Crippen LogP contribution in [-0.4, -0.2) is 13.5 Å². The summed E-state index contributed by atoms with van der Waals surface area (Å²) in [5.41, 5.74) is 2.44. The summed E-state index contributed by atoms with van der Waals surface area (Å²) in [7, 11) is 0. The Hall–Kier alpha value is 0.511. The van der Waals surface area contributed by atoms with Gasteiger partial charge in [0.1, 0.15) is 5.75 Å². The van der Waals surface area contributed by atoms with E-state index in [2.05, 4.69) is 0 Å². The summed E-state index contributed by atoms with van der Waals surface area (Å²) < 4.78 is 40.9. The molecular weight excluding hydrogens is 243 g/mol. The van der Waals surface area contributed by atoms with Crippen LogP contribution < -0.4 is 56.1 Å². The molecule has 0 atom stereocenters. The predicted molar refractivity (Wildman–Crippen MR) is 55.2 cm³/mol. The first-order valence-corrected chi connectivity index (χ1v) is 4.72. The zero-order valence-corrected chi connectivity index (χ0v) is 13.1. The fourth-order valence-electron chi connectivity index (χ4n) is 1.33. The van der Waals surface area contributed by atoms with E-state index in [1.165, 1.54) is 0 Å². The molecule has 0 saturated carbocycles.